The van der Waals surface area contributed by atoms with Gasteiger partial charge < -0.3 is 4.57 Å². The van der Waals surface area contributed by atoms with Crippen molar-refractivity contribution in [2.75, 3.05) is 0 Å². The first-order valence-corrected chi connectivity index (χ1v) is 18.0. The van der Waals surface area contributed by atoms with E-state index in [2.05, 4.69) is 167 Å². The van der Waals surface area contributed by atoms with E-state index >= 15 is 0 Å². The van der Waals surface area contributed by atoms with Crippen LogP contribution in [0.1, 0.15) is 0 Å². The topological polar surface area (TPSA) is 35.6 Å². The van der Waals surface area contributed by atoms with Crippen molar-refractivity contribution in [3.05, 3.63) is 170 Å². The Morgan fingerprint density at radius 3 is 1.63 bits per heavy atom. The van der Waals surface area contributed by atoms with E-state index in [9.17, 15) is 0 Å². The maximum Gasteiger partial charge on any atom is 0.235 e. The Kier molecular flexibility index (Phi) is 6.09. The molecule has 0 spiro atoms. The van der Waals surface area contributed by atoms with E-state index in [0.29, 0.717) is 5.95 Å². The number of fused-ring (bicyclic) bond motifs is 10. The second kappa shape index (κ2) is 11.0. The molecule has 0 bridgehead atoms. The highest BCUT2D eigenvalue weighted by atomic mass is 32.1. The molecule has 0 fully saturated rings. The monoisotopic (exact) mass is 668 g/mol. The van der Waals surface area contributed by atoms with Crippen molar-refractivity contribution in [2.24, 2.45) is 0 Å². The molecule has 51 heavy (non-hydrogen) atoms. The molecule has 5 heteroatoms. The van der Waals surface area contributed by atoms with Crippen molar-refractivity contribution in [3.63, 3.8) is 0 Å². The predicted molar refractivity (Wildman–Crippen MR) is 214 cm³/mol. The van der Waals surface area contributed by atoms with Crippen molar-refractivity contribution in [2.45, 2.75) is 0 Å². The predicted octanol–water partition coefficient (Wildman–Crippen LogP) is 12.4. The Bertz CT molecular complexity index is 3020. The summed E-state index contributed by atoms with van der Waals surface area (Å²) >= 11 is 1.84. The highest BCUT2D eigenvalue weighted by Gasteiger charge is 2.22. The molecule has 0 atom stereocenters. The molecule has 4 heterocycles. The summed E-state index contributed by atoms with van der Waals surface area (Å²) in [6.07, 6.45) is 0. The van der Waals surface area contributed by atoms with Crippen LogP contribution in [0.5, 0.6) is 0 Å². The lowest BCUT2D eigenvalue weighted by Gasteiger charge is -2.13. The van der Waals surface area contributed by atoms with Crippen molar-refractivity contribution in [1.82, 2.24) is 19.1 Å². The quantitative estimate of drug-likeness (QED) is 0.187. The van der Waals surface area contributed by atoms with Gasteiger partial charge in [-0.1, -0.05) is 121 Å². The van der Waals surface area contributed by atoms with Gasteiger partial charge in [0.15, 0.2) is 0 Å². The summed E-state index contributed by atoms with van der Waals surface area (Å²) in [5.74, 6) is 0.655. The van der Waals surface area contributed by atoms with Crippen LogP contribution in [0.25, 0.3) is 97.9 Å². The maximum atomic E-state index is 5.35. The first kappa shape index (κ1) is 28.3. The molecule has 11 aromatic rings. The van der Waals surface area contributed by atoms with Crippen molar-refractivity contribution >= 4 is 75.1 Å². The second-order valence-corrected chi connectivity index (χ2v) is 14.1. The van der Waals surface area contributed by atoms with E-state index in [0.717, 1.165) is 44.6 Å². The van der Waals surface area contributed by atoms with Gasteiger partial charge in [0.25, 0.3) is 0 Å². The standard InChI is InChI=1S/C46H28N4S/c1-3-13-29(14-4-1)37-28-38(30-15-5-2-6-16-30)48-46(47-37)50-41-25-23-31(49-39-20-10-7-17-32(39)33-18-8-11-21-40(33)49)27-36(41)34-24-26-43-44(45(34)50)35-19-9-12-22-42(35)51-43/h1-28H. The van der Waals surface area contributed by atoms with Crippen LogP contribution < -0.4 is 0 Å². The Morgan fingerprint density at radius 1 is 0.392 bits per heavy atom. The number of hydrogen-bond acceptors (Lipinski definition) is 3. The molecule has 0 radical (unpaired) electrons. The third-order valence-electron chi connectivity index (χ3n) is 10.1. The molecule has 238 valence electrons. The lowest BCUT2D eigenvalue weighted by molar-refractivity contribution is 0.998. The third kappa shape index (κ3) is 4.25. The number of para-hydroxylation sites is 2. The van der Waals surface area contributed by atoms with Gasteiger partial charge in [-0.3, -0.25) is 4.57 Å². The lowest BCUT2D eigenvalue weighted by Crippen LogP contribution is -2.04. The molecule has 7 aromatic carbocycles. The summed E-state index contributed by atoms with van der Waals surface area (Å²) in [5, 5.41) is 7.33. The minimum absolute atomic E-state index is 0.655. The number of thiophene rings is 1. The SMILES string of the molecule is c1ccc(-c2cc(-c3ccccc3)nc(-n3c4ccc(-n5c6ccccc6c6ccccc65)cc4c4ccc5sc6ccccc6c5c43)n2)cc1. The number of hydrogen-bond donors (Lipinski definition) is 0. The number of rotatable bonds is 4. The molecular weight excluding hydrogens is 641 g/mol. The summed E-state index contributed by atoms with van der Waals surface area (Å²) in [6, 6.07) is 60.5. The van der Waals surface area contributed by atoms with Gasteiger partial charge in [0.2, 0.25) is 5.95 Å². The molecule has 0 amide bonds. The van der Waals surface area contributed by atoms with Crippen LogP contribution in [-0.4, -0.2) is 19.1 Å². The Morgan fingerprint density at radius 2 is 0.961 bits per heavy atom. The zero-order valence-electron chi connectivity index (χ0n) is 27.4. The zero-order valence-corrected chi connectivity index (χ0v) is 28.2. The summed E-state index contributed by atoms with van der Waals surface area (Å²) in [5.41, 5.74) is 9.59. The van der Waals surface area contributed by atoms with Crippen molar-refractivity contribution in [3.8, 4) is 34.2 Å². The van der Waals surface area contributed by atoms with Gasteiger partial charge >= 0.3 is 0 Å². The van der Waals surface area contributed by atoms with Crippen LogP contribution in [0, 0.1) is 0 Å². The van der Waals surface area contributed by atoms with E-state index in [1.165, 1.54) is 47.4 Å². The van der Waals surface area contributed by atoms with Crippen molar-refractivity contribution in [1.29, 1.82) is 0 Å². The largest absolute Gasteiger partial charge is 0.309 e. The Labute approximate surface area is 297 Å². The van der Waals surface area contributed by atoms with Gasteiger partial charge in [-0.2, -0.15) is 0 Å². The third-order valence-corrected chi connectivity index (χ3v) is 11.3. The highest BCUT2D eigenvalue weighted by molar-refractivity contribution is 7.26. The highest BCUT2D eigenvalue weighted by Crippen LogP contribution is 2.44. The van der Waals surface area contributed by atoms with E-state index in [1.807, 2.05) is 23.5 Å². The second-order valence-electron chi connectivity index (χ2n) is 13.0. The first-order valence-electron chi connectivity index (χ1n) is 17.2. The summed E-state index contributed by atoms with van der Waals surface area (Å²) in [4.78, 5) is 10.7. The van der Waals surface area contributed by atoms with Gasteiger partial charge in [0.05, 0.1) is 33.5 Å². The lowest BCUT2D eigenvalue weighted by atomic mass is 10.1. The fourth-order valence-electron chi connectivity index (χ4n) is 7.90. The van der Waals surface area contributed by atoms with Crippen LogP contribution >= 0.6 is 11.3 Å². The minimum Gasteiger partial charge on any atom is -0.309 e. The summed E-state index contributed by atoms with van der Waals surface area (Å²) in [6.45, 7) is 0. The molecule has 0 aliphatic heterocycles. The Balaban J connectivity index is 1.28. The van der Waals surface area contributed by atoms with E-state index < -0.39 is 0 Å². The normalized spacial score (nSPS) is 11.9. The average Bonchev–Trinajstić information content (AvgIpc) is 3.86. The molecule has 0 aliphatic carbocycles. The molecule has 4 aromatic heterocycles. The molecule has 0 unspecified atom stereocenters. The fourth-order valence-corrected chi connectivity index (χ4v) is 9.01. The number of aromatic nitrogens is 4. The minimum atomic E-state index is 0.655. The van der Waals surface area contributed by atoms with Gasteiger partial charge in [-0.05, 0) is 48.5 Å². The first-order chi connectivity index (χ1) is 25.3. The van der Waals surface area contributed by atoms with E-state index in [1.54, 1.807) is 0 Å². The summed E-state index contributed by atoms with van der Waals surface area (Å²) in [7, 11) is 0. The molecule has 4 nitrogen and oxygen atoms in total. The molecule has 0 N–H and O–H groups in total. The van der Waals surface area contributed by atoms with Gasteiger partial charge in [0, 0.05) is 58.5 Å². The molecular formula is C46H28N4S. The molecule has 0 aliphatic rings. The van der Waals surface area contributed by atoms with Crippen molar-refractivity contribution < 1.29 is 0 Å². The van der Waals surface area contributed by atoms with Crippen LogP contribution in [0.4, 0.5) is 0 Å². The van der Waals surface area contributed by atoms with Crippen LogP contribution in [0.3, 0.4) is 0 Å². The van der Waals surface area contributed by atoms with Gasteiger partial charge in [-0.25, -0.2) is 9.97 Å². The fraction of sp³-hybridized carbons (Fsp3) is 0. The molecule has 11 rings (SSSR count). The average molecular weight is 669 g/mol. The van der Waals surface area contributed by atoms with E-state index in [4.69, 9.17) is 9.97 Å². The van der Waals surface area contributed by atoms with Gasteiger partial charge in [-0.15, -0.1) is 11.3 Å². The molecule has 0 saturated carbocycles. The summed E-state index contributed by atoms with van der Waals surface area (Å²) < 4.78 is 7.22. The smallest absolute Gasteiger partial charge is 0.235 e. The number of benzene rings is 7. The van der Waals surface area contributed by atoms with Gasteiger partial charge in [0.1, 0.15) is 0 Å². The zero-order chi connectivity index (χ0) is 33.5. The van der Waals surface area contributed by atoms with Crippen LogP contribution in [-0.2, 0) is 0 Å². The number of nitrogens with zero attached hydrogens (tertiary/aromatic N) is 4. The Hall–Kier alpha value is -6.56. The molecule has 0 saturated heterocycles. The van der Waals surface area contributed by atoms with E-state index in [-0.39, 0.29) is 0 Å². The van der Waals surface area contributed by atoms with Crippen LogP contribution in [0.2, 0.25) is 0 Å². The van der Waals surface area contributed by atoms with Crippen LogP contribution in [0.15, 0.2) is 170 Å². The maximum absolute atomic E-state index is 5.35.